The van der Waals surface area contributed by atoms with Crippen LogP contribution in [0.3, 0.4) is 0 Å². The fourth-order valence-electron chi connectivity index (χ4n) is 1.20. The number of carbonyl (C=O) groups is 2. The minimum atomic E-state index is -0.825. The van der Waals surface area contributed by atoms with Gasteiger partial charge in [-0.2, -0.15) is 0 Å². The summed E-state index contributed by atoms with van der Waals surface area (Å²) in [4.78, 5) is 21.6. The van der Waals surface area contributed by atoms with E-state index < -0.39 is 5.97 Å². The number of esters is 1. The van der Waals surface area contributed by atoms with Crippen molar-refractivity contribution < 1.29 is 19.4 Å². The molecule has 0 aliphatic heterocycles. The number of hydrogen-bond donors (Lipinski definition) is 1. The van der Waals surface area contributed by atoms with E-state index in [-0.39, 0.29) is 19.0 Å². The molecule has 0 atom stereocenters. The minimum Gasteiger partial charge on any atom is -0.481 e. The molecule has 1 aromatic carbocycles. The van der Waals surface area contributed by atoms with E-state index in [1.165, 1.54) is 0 Å². The predicted molar refractivity (Wildman–Crippen MR) is 58.2 cm³/mol. The molecular formula is C12H14O4. The van der Waals surface area contributed by atoms with Crippen molar-refractivity contribution in [3.8, 4) is 0 Å². The summed E-state index contributed by atoms with van der Waals surface area (Å²) in [6.45, 7) is 0.265. The highest BCUT2D eigenvalue weighted by atomic mass is 16.5. The molecule has 16 heavy (non-hydrogen) atoms. The Kier molecular flexibility index (Phi) is 5.05. The zero-order valence-corrected chi connectivity index (χ0v) is 8.89. The van der Waals surface area contributed by atoms with Crippen molar-refractivity contribution in [2.75, 3.05) is 6.61 Å². The molecule has 4 nitrogen and oxygen atoms in total. The minimum absolute atomic E-state index is 0.114. The molecule has 86 valence electrons. The predicted octanol–water partition coefficient (Wildman–Crippen LogP) is 2.10. The Morgan fingerprint density at radius 3 is 2.44 bits per heavy atom. The van der Waals surface area contributed by atoms with Crippen LogP contribution in [0, 0.1) is 0 Å². The maximum atomic E-state index is 11.4. The van der Waals surface area contributed by atoms with E-state index in [0.717, 1.165) is 0 Å². The Hall–Kier alpha value is -1.84. The maximum Gasteiger partial charge on any atom is 0.338 e. The van der Waals surface area contributed by atoms with Crippen LogP contribution in [0.2, 0.25) is 0 Å². The number of rotatable bonds is 6. The number of carboxylic acids is 1. The third kappa shape index (κ3) is 4.59. The number of aliphatic carboxylic acids is 1. The molecule has 0 bridgehead atoms. The summed E-state index contributed by atoms with van der Waals surface area (Å²) in [6.07, 6.45) is 1.21. The summed E-state index contributed by atoms with van der Waals surface area (Å²) in [5.41, 5.74) is 0.515. The van der Waals surface area contributed by atoms with Crippen LogP contribution in [0.15, 0.2) is 30.3 Å². The molecule has 0 heterocycles. The smallest absolute Gasteiger partial charge is 0.338 e. The Bertz CT molecular complexity index is 345. The van der Waals surface area contributed by atoms with Gasteiger partial charge in [0.2, 0.25) is 0 Å². The molecule has 4 heteroatoms. The van der Waals surface area contributed by atoms with Crippen LogP contribution in [0.4, 0.5) is 0 Å². The summed E-state index contributed by atoms with van der Waals surface area (Å²) < 4.78 is 4.98. The number of benzene rings is 1. The molecule has 1 rings (SSSR count). The second-order valence-electron chi connectivity index (χ2n) is 3.35. The summed E-state index contributed by atoms with van der Waals surface area (Å²) in [5.74, 6) is -1.19. The van der Waals surface area contributed by atoms with E-state index in [9.17, 15) is 9.59 Å². The second-order valence-corrected chi connectivity index (χ2v) is 3.35. The molecule has 0 radical (unpaired) electrons. The lowest BCUT2D eigenvalue weighted by Crippen LogP contribution is -2.06. The zero-order valence-electron chi connectivity index (χ0n) is 8.89. The molecule has 0 fully saturated rings. The Labute approximate surface area is 93.9 Å². The van der Waals surface area contributed by atoms with Gasteiger partial charge in [0.1, 0.15) is 0 Å². The van der Waals surface area contributed by atoms with Crippen LogP contribution in [0.1, 0.15) is 29.6 Å². The van der Waals surface area contributed by atoms with Gasteiger partial charge >= 0.3 is 11.9 Å². The van der Waals surface area contributed by atoms with Crippen molar-refractivity contribution >= 4 is 11.9 Å². The number of carboxylic acid groups (broad SMARTS) is 1. The topological polar surface area (TPSA) is 63.6 Å². The van der Waals surface area contributed by atoms with Crippen LogP contribution in [-0.4, -0.2) is 23.7 Å². The van der Waals surface area contributed by atoms with Crippen LogP contribution < -0.4 is 0 Å². The van der Waals surface area contributed by atoms with Crippen molar-refractivity contribution in [2.45, 2.75) is 19.3 Å². The first-order valence-electron chi connectivity index (χ1n) is 5.14. The van der Waals surface area contributed by atoms with E-state index in [1.54, 1.807) is 24.3 Å². The molecule has 0 aliphatic rings. The molecule has 0 saturated carbocycles. The molecule has 0 amide bonds. The van der Waals surface area contributed by atoms with Gasteiger partial charge < -0.3 is 9.84 Å². The van der Waals surface area contributed by atoms with Crippen LogP contribution in [-0.2, 0) is 9.53 Å². The van der Waals surface area contributed by atoms with Gasteiger partial charge in [-0.05, 0) is 25.0 Å². The Morgan fingerprint density at radius 1 is 1.12 bits per heavy atom. The van der Waals surface area contributed by atoms with Gasteiger partial charge in [-0.15, -0.1) is 0 Å². The summed E-state index contributed by atoms with van der Waals surface area (Å²) in [5, 5.41) is 8.39. The highest BCUT2D eigenvalue weighted by molar-refractivity contribution is 5.89. The van der Waals surface area contributed by atoms with Crippen molar-refractivity contribution in [3.63, 3.8) is 0 Å². The number of hydrogen-bond acceptors (Lipinski definition) is 3. The highest BCUT2D eigenvalue weighted by Crippen LogP contribution is 2.02. The molecule has 0 spiro atoms. The van der Waals surface area contributed by atoms with Crippen molar-refractivity contribution in [1.29, 1.82) is 0 Å². The lowest BCUT2D eigenvalue weighted by atomic mass is 10.2. The molecule has 0 unspecified atom stereocenters. The van der Waals surface area contributed by atoms with E-state index in [2.05, 4.69) is 0 Å². The lowest BCUT2D eigenvalue weighted by molar-refractivity contribution is -0.137. The van der Waals surface area contributed by atoms with E-state index in [1.807, 2.05) is 6.07 Å². The van der Waals surface area contributed by atoms with E-state index in [4.69, 9.17) is 9.84 Å². The van der Waals surface area contributed by atoms with Crippen LogP contribution >= 0.6 is 0 Å². The fourth-order valence-corrected chi connectivity index (χ4v) is 1.20. The zero-order chi connectivity index (χ0) is 11.8. The third-order valence-electron chi connectivity index (χ3n) is 2.03. The van der Waals surface area contributed by atoms with Gasteiger partial charge in [0.15, 0.2) is 0 Å². The SMILES string of the molecule is O=C(O)CCCCOC(=O)c1ccccc1. The number of unbranched alkanes of at least 4 members (excludes halogenated alkanes) is 1. The molecule has 0 aromatic heterocycles. The average Bonchev–Trinajstić information content (AvgIpc) is 2.29. The number of carbonyl (C=O) groups excluding carboxylic acids is 1. The average molecular weight is 222 g/mol. The Balaban J connectivity index is 2.19. The van der Waals surface area contributed by atoms with Crippen molar-refractivity contribution in [2.24, 2.45) is 0 Å². The molecule has 1 N–H and O–H groups in total. The summed E-state index contributed by atoms with van der Waals surface area (Å²) >= 11 is 0. The van der Waals surface area contributed by atoms with Crippen molar-refractivity contribution in [1.82, 2.24) is 0 Å². The first-order valence-corrected chi connectivity index (χ1v) is 5.14. The van der Waals surface area contributed by atoms with Crippen LogP contribution in [0.5, 0.6) is 0 Å². The monoisotopic (exact) mass is 222 g/mol. The third-order valence-corrected chi connectivity index (χ3v) is 2.03. The van der Waals surface area contributed by atoms with Gasteiger partial charge in [-0.3, -0.25) is 4.79 Å². The first kappa shape index (κ1) is 12.2. The van der Waals surface area contributed by atoms with Gasteiger partial charge in [0.25, 0.3) is 0 Å². The maximum absolute atomic E-state index is 11.4. The van der Waals surface area contributed by atoms with E-state index >= 15 is 0 Å². The van der Waals surface area contributed by atoms with Crippen molar-refractivity contribution in [3.05, 3.63) is 35.9 Å². The van der Waals surface area contributed by atoms with Gasteiger partial charge in [0.05, 0.1) is 12.2 Å². The molecule has 0 saturated heterocycles. The van der Waals surface area contributed by atoms with Gasteiger partial charge in [-0.25, -0.2) is 4.79 Å². The first-order chi connectivity index (χ1) is 7.70. The van der Waals surface area contributed by atoms with Gasteiger partial charge in [-0.1, -0.05) is 18.2 Å². The van der Waals surface area contributed by atoms with Gasteiger partial charge in [0, 0.05) is 6.42 Å². The fraction of sp³-hybridized carbons (Fsp3) is 0.333. The Morgan fingerprint density at radius 2 is 1.81 bits per heavy atom. The number of ether oxygens (including phenoxy) is 1. The summed E-state index contributed by atoms with van der Waals surface area (Å²) in [6, 6.07) is 8.71. The largest absolute Gasteiger partial charge is 0.481 e. The molecule has 1 aromatic rings. The van der Waals surface area contributed by atoms with Crippen LogP contribution in [0.25, 0.3) is 0 Å². The normalized spacial score (nSPS) is 9.75. The quantitative estimate of drug-likeness (QED) is 0.591. The van der Waals surface area contributed by atoms with E-state index in [0.29, 0.717) is 18.4 Å². The lowest BCUT2D eigenvalue weighted by Gasteiger charge is -2.03. The molecular weight excluding hydrogens is 208 g/mol. The second kappa shape index (κ2) is 6.61. The standard InChI is InChI=1S/C12H14O4/c13-11(14)8-4-5-9-16-12(15)10-6-2-1-3-7-10/h1-3,6-7H,4-5,8-9H2,(H,13,14). The summed E-state index contributed by atoms with van der Waals surface area (Å²) in [7, 11) is 0. The molecule has 0 aliphatic carbocycles. The highest BCUT2D eigenvalue weighted by Gasteiger charge is 2.05.